The molecular formula is C13H18N2O3. The Balaban J connectivity index is 2.06. The molecule has 1 aliphatic heterocycles. The fraction of sp³-hybridized carbons (Fsp3) is 0.538. The van der Waals surface area contributed by atoms with E-state index in [0.29, 0.717) is 18.7 Å². The molecule has 18 heavy (non-hydrogen) atoms. The van der Waals surface area contributed by atoms with Crippen molar-refractivity contribution in [2.75, 3.05) is 6.54 Å². The Bertz CT molecular complexity index is 453. The molecular weight excluding hydrogens is 232 g/mol. The number of carbonyl (C=O) groups excluding carboxylic acids is 2. The van der Waals surface area contributed by atoms with Gasteiger partial charge in [-0.15, -0.1) is 0 Å². The molecule has 0 saturated carbocycles. The topological polar surface area (TPSA) is 62.6 Å². The lowest BCUT2D eigenvalue weighted by Gasteiger charge is -2.31. The number of nitrogens with zero attached hydrogens (tertiary/aromatic N) is 1. The van der Waals surface area contributed by atoms with Gasteiger partial charge in [-0.25, -0.2) is 0 Å². The Kier molecular flexibility index (Phi) is 3.69. The predicted octanol–water partition coefficient (Wildman–Crippen LogP) is 1.22. The van der Waals surface area contributed by atoms with E-state index in [1.165, 1.54) is 0 Å². The molecule has 0 spiro atoms. The third-order valence-corrected chi connectivity index (χ3v) is 3.00. The Morgan fingerprint density at radius 3 is 2.83 bits per heavy atom. The minimum Gasteiger partial charge on any atom is -0.464 e. The van der Waals surface area contributed by atoms with Gasteiger partial charge in [0.15, 0.2) is 0 Å². The van der Waals surface area contributed by atoms with Gasteiger partial charge in [0.25, 0.3) is 0 Å². The average molecular weight is 250 g/mol. The van der Waals surface area contributed by atoms with Gasteiger partial charge in [0, 0.05) is 0 Å². The third kappa shape index (κ3) is 2.72. The Labute approximate surface area is 106 Å². The molecule has 1 fully saturated rings. The van der Waals surface area contributed by atoms with Crippen LogP contribution in [0.3, 0.4) is 0 Å². The number of hydrogen-bond donors (Lipinski definition) is 1. The molecule has 5 nitrogen and oxygen atoms in total. The smallest absolute Gasteiger partial charge is 0.246 e. The van der Waals surface area contributed by atoms with Crippen LogP contribution in [-0.2, 0) is 16.1 Å². The summed E-state index contributed by atoms with van der Waals surface area (Å²) in [4.78, 5) is 25.3. The van der Waals surface area contributed by atoms with E-state index in [1.807, 2.05) is 26.0 Å². The first-order valence-electron chi connectivity index (χ1n) is 6.23. The molecule has 5 heteroatoms. The number of furan rings is 1. The third-order valence-electron chi connectivity index (χ3n) is 3.00. The summed E-state index contributed by atoms with van der Waals surface area (Å²) in [5, 5.41) is 2.73. The van der Waals surface area contributed by atoms with E-state index in [4.69, 9.17) is 4.42 Å². The van der Waals surface area contributed by atoms with Crippen molar-refractivity contribution >= 4 is 11.8 Å². The van der Waals surface area contributed by atoms with E-state index in [1.54, 1.807) is 4.90 Å². The second-order valence-corrected chi connectivity index (χ2v) is 4.62. The van der Waals surface area contributed by atoms with Gasteiger partial charge in [0.05, 0.1) is 6.54 Å². The first-order valence-corrected chi connectivity index (χ1v) is 6.23. The van der Waals surface area contributed by atoms with Crippen LogP contribution in [0.2, 0.25) is 0 Å². The second-order valence-electron chi connectivity index (χ2n) is 4.62. The molecule has 1 unspecified atom stereocenters. The van der Waals surface area contributed by atoms with E-state index in [0.717, 1.165) is 12.2 Å². The SMILES string of the molecule is CCCC1NC(=O)CN(Cc2ccc(C)o2)C1=O. The van der Waals surface area contributed by atoms with Gasteiger partial charge in [-0.2, -0.15) is 0 Å². The molecule has 0 aromatic carbocycles. The van der Waals surface area contributed by atoms with Crippen molar-refractivity contribution in [3.63, 3.8) is 0 Å². The number of piperazine rings is 1. The number of amides is 2. The van der Waals surface area contributed by atoms with Crippen molar-refractivity contribution in [2.45, 2.75) is 39.3 Å². The van der Waals surface area contributed by atoms with Crippen molar-refractivity contribution in [2.24, 2.45) is 0 Å². The number of hydrogen-bond acceptors (Lipinski definition) is 3. The molecule has 98 valence electrons. The van der Waals surface area contributed by atoms with Gasteiger partial charge in [-0.05, 0) is 25.5 Å². The van der Waals surface area contributed by atoms with Gasteiger partial charge < -0.3 is 14.6 Å². The Morgan fingerprint density at radius 1 is 1.44 bits per heavy atom. The van der Waals surface area contributed by atoms with Gasteiger partial charge in [-0.3, -0.25) is 9.59 Å². The quantitative estimate of drug-likeness (QED) is 0.873. The number of carbonyl (C=O) groups is 2. The monoisotopic (exact) mass is 250 g/mol. The van der Waals surface area contributed by atoms with E-state index in [9.17, 15) is 9.59 Å². The van der Waals surface area contributed by atoms with Crippen LogP contribution in [-0.4, -0.2) is 29.3 Å². The standard InChI is InChI=1S/C13H18N2O3/c1-3-4-11-13(17)15(8-12(16)14-11)7-10-6-5-9(2)18-10/h5-6,11H,3-4,7-8H2,1-2H3,(H,14,16). The van der Waals surface area contributed by atoms with Crippen LogP contribution in [0.1, 0.15) is 31.3 Å². The van der Waals surface area contributed by atoms with Crippen molar-refractivity contribution < 1.29 is 14.0 Å². The fourth-order valence-corrected chi connectivity index (χ4v) is 2.15. The summed E-state index contributed by atoms with van der Waals surface area (Å²) in [6.07, 6.45) is 1.54. The van der Waals surface area contributed by atoms with Crippen LogP contribution in [0.4, 0.5) is 0 Å². The predicted molar refractivity (Wildman–Crippen MR) is 65.7 cm³/mol. The summed E-state index contributed by atoms with van der Waals surface area (Å²) < 4.78 is 5.44. The van der Waals surface area contributed by atoms with Crippen molar-refractivity contribution in [1.29, 1.82) is 0 Å². The van der Waals surface area contributed by atoms with Gasteiger partial charge in [0.2, 0.25) is 11.8 Å². The lowest BCUT2D eigenvalue weighted by atomic mass is 10.1. The Morgan fingerprint density at radius 2 is 2.22 bits per heavy atom. The maximum absolute atomic E-state index is 12.1. The molecule has 0 aliphatic carbocycles. The number of rotatable bonds is 4. The minimum atomic E-state index is -0.382. The first kappa shape index (κ1) is 12.7. The lowest BCUT2D eigenvalue weighted by Crippen LogP contribution is -2.57. The molecule has 1 aromatic heterocycles. The van der Waals surface area contributed by atoms with Gasteiger partial charge in [-0.1, -0.05) is 13.3 Å². The molecule has 2 heterocycles. The molecule has 1 N–H and O–H groups in total. The highest BCUT2D eigenvalue weighted by atomic mass is 16.3. The fourth-order valence-electron chi connectivity index (χ4n) is 2.15. The molecule has 1 aromatic rings. The van der Waals surface area contributed by atoms with Crippen LogP contribution < -0.4 is 5.32 Å². The van der Waals surface area contributed by atoms with Crippen LogP contribution >= 0.6 is 0 Å². The second kappa shape index (κ2) is 5.25. The summed E-state index contributed by atoms with van der Waals surface area (Å²) in [6.45, 7) is 4.32. The first-order chi connectivity index (χ1) is 8.60. The van der Waals surface area contributed by atoms with Gasteiger partial charge in [0.1, 0.15) is 24.1 Å². The van der Waals surface area contributed by atoms with Crippen LogP contribution in [0, 0.1) is 6.92 Å². The van der Waals surface area contributed by atoms with E-state index in [2.05, 4.69) is 5.32 Å². The summed E-state index contributed by atoms with van der Waals surface area (Å²) in [5.74, 6) is 1.40. The summed E-state index contributed by atoms with van der Waals surface area (Å²) in [5.41, 5.74) is 0. The Hall–Kier alpha value is -1.78. The maximum Gasteiger partial charge on any atom is 0.246 e. The number of aryl methyl sites for hydroxylation is 1. The summed E-state index contributed by atoms with van der Waals surface area (Å²) >= 11 is 0. The highest BCUT2D eigenvalue weighted by Gasteiger charge is 2.32. The number of nitrogens with one attached hydrogen (secondary N) is 1. The highest BCUT2D eigenvalue weighted by Crippen LogP contribution is 2.14. The molecule has 0 radical (unpaired) electrons. The van der Waals surface area contributed by atoms with Crippen molar-refractivity contribution in [3.8, 4) is 0 Å². The maximum atomic E-state index is 12.1. The van der Waals surface area contributed by atoms with Crippen LogP contribution in [0.15, 0.2) is 16.5 Å². The molecule has 1 saturated heterocycles. The lowest BCUT2D eigenvalue weighted by molar-refractivity contribution is -0.145. The van der Waals surface area contributed by atoms with E-state index in [-0.39, 0.29) is 24.4 Å². The molecule has 2 rings (SSSR count). The zero-order chi connectivity index (χ0) is 13.1. The molecule has 1 aliphatic rings. The van der Waals surface area contributed by atoms with Crippen LogP contribution in [0.25, 0.3) is 0 Å². The molecule has 0 bridgehead atoms. The van der Waals surface area contributed by atoms with Crippen molar-refractivity contribution in [1.82, 2.24) is 10.2 Å². The minimum absolute atomic E-state index is 0.0227. The molecule has 2 amide bonds. The normalized spacial score (nSPS) is 20.1. The highest BCUT2D eigenvalue weighted by molar-refractivity contribution is 5.94. The summed E-state index contributed by atoms with van der Waals surface area (Å²) in [7, 11) is 0. The average Bonchev–Trinajstić information content (AvgIpc) is 2.71. The largest absolute Gasteiger partial charge is 0.464 e. The zero-order valence-electron chi connectivity index (χ0n) is 10.7. The zero-order valence-corrected chi connectivity index (χ0v) is 10.7. The van der Waals surface area contributed by atoms with Gasteiger partial charge >= 0.3 is 0 Å². The van der Waals surface area contributed by atoms with Crippen molar-refractivity contribution in [3.05, 3.63) is 23.7 Å². The summed E-state index contributed by atoms with van der Waals surface area (Å²) in [6, 6.07) is 3.31. The van der Waals surface area contributed by atoms with Crippen LogP contribution in [0.5, 0.6) is 0 Å². The van der Waals surface area contributed by atoms with E-state index < -0.39 is 0 Å². The molecule has 1 atom stereocenters. The van der Waals surface area contributed by atoms with E-state index >= 15 is 0 Å².